The van der Waals surface area contributed by atoms with E-state index >= 15 is 0 Å². The second kappa shape index (κ2) is 6.77. The molecule has 1 N–H and O–H groups in total. The van der Waals surface area contributed by atoms with E-state index in [4.69, 9.17) is 23.8 Å². The highest BCUT2D eigenvalue weighted by atomic mass is 35.5. The summed E-state index contributed by atoms with van der Waals surface area (Å²) in [6.07, 6.45) is 5.47. The Morgan fingerprint density at radius 2 is 1.74 bits per heavy atom. The van der Waals surface area contributed by atoms with Crippen molar-refractivity contribution in [1.82, 2.24) is 5.32 Å². The fraction of sp³-hybridized carbons (Fsp3) is 0. The van der Waals surface area contributed by atoms with Gasteiger partial charge >= 0.3 is 0 Å². The molecule has 1 amide bonds. The Kier molecular flexibility index (Phi) is 4.55. The topological polar surface area (TPSA) is 32.3 Å². The molecule has 2 aromatic carbocycles. The van der Waals surface area contributed by atoms with Gasteiger partial charge in [-0.15, -0.1) is 0 Å². The molecule has 1 fully saturated rings. The fourth-order valence-corrected chi connectivity index (χ4v) is 2.62. The maximum Gasteiger partial charge on any atom is 0.281 e. The Balaban J connectivity index is 1.79. The van der Waals surface area contributed by atoms with Crippen molar-refractivity contribution in [2.45, 2.75) is 0 Å². The van der Waals surface area contributed by atoms with E-state index in [2.05, 4.69) is 5.32 Å². The first-order valence-electron chi connectivity index (χ1n) is 6.99. The lowest BCUT2D eigenvalue weighted by Crippen LogP contribution is -2.30. The van der Waals surface area contributed by atoms with Crippen molar-refractivity contribution < 1.29 is 4.79 Å². The molecule has 1 heterocycles. The van der Waals surface area contributed by atoms with Gasteiger partial charge in [-0.2, -0.15) is 0 Å². The summed E-state index contributed by atoms with van der Waals surface area (Å²) in [4.78, 5) is 13.9. The van der Waals surface area contributed by atoms with E-state index in [1.165, 1.54) is 4.90 Å². The van der Waals surface area contributed by atoms with E-state index in [1.807, 2.05) is 42.5 Å². The molecule has 0 bridgehead atoms. The number of allylic oxidation sites excluding steroid dienone is 2. The molecule has 3 nitrogen and oxygen atoms in total. The molecule has 2 aromatic rings. The van der Waals surface area contributed by atoms with Crippen molar-refractivity contribution in [3.05, 3.63) is 83.0 Å². The third kappa shape index (κ3) is 3.50. The number of benzene rings is 2. The van der Waals surface area contributed by atoms with Crippen LogP contribution >= 0.6 is 23.8 Å². The molecule has 1 aliphatic rings. The van der Waals surface area contributed by atoms with Gasteiger partial charge in [-0.3, -0.25) is 9.69 Å². The highest BCUT2D eigenvalue weighted by molar-refractivity contribution is 7.80. The van der Waals surface area contributed by atoms with Crippen LogP contribution in [0.4, 0.5) is 5.69 Å². The first-order chi connectivity index (χ1) is 11.1. The molecule has 5 heteroatoms. The second-order valence-electron chi connectivity index (χ2n) is 4.90. The fourth-order valence-electron chi connectivity index (χ4n) is 2.19. The van der Waals surface area contributed by atoms with Crippen LogP contribution < -0.4 is 10.2 Å². The summed E-state index contributed by atoms with van der Waals surface area (Å²) in [6.45, 7) is 0. The Hall–Kier alpha value is -2.43. The van der Waals surface area contributed by atoms with Gasteiger partial charge in [-0.05, 0) is 48.1 Å². The Labute approximate surface area is 144 Å². The van der Waals surface area contributed by atoms with Crippen molar-refractivity contribution >= 4 is 46.6 Å². The normalized spacial score (nSPS) is 16.4. The number of hydrogen-bond donors (Lipinski definition) is 1. The maximum absolute atomic E-state index is 12.5. The van der Waals surface area contributed by atoms with Crippen LogP contribution in [0.1, 0.15) is 5.56 Å². The summed E-state index contributed by atoms with van der Waals surface area (Å²) < 4.78 is 0. The second-order valence-corrected chi connectivity index (χ2v) is 5.72. The number of rotatable bonds is 3. The molecular formula is C18H13ClN2OS. The molecule has 1 saturated heterocycles. The van der Waals surface area contributed by atoms with Crippen molar-refractivity contribution in [2.24, 2.45) is 0 Å². The zero-order valence-electron chi connectivity index (χ0n) is 12.1. The summed E-state index contributed by atoms with van der Waals surface area (Å²) >= 11 is 11.1. The van der Waals surface area contributed by atoms with E-state index in [-0.39, 0.29) is 5.91 Å². The Bertz CT molecular complexity index is 798. The van der Waals surface area contributed by atoms with Crippen molar-refractivity contribution in [3.8, 4) is 0 Å². The third-order valence-corrected chi connectivity index (χ3v) is 3.85. The molecule has 0 atom stereocenters. The number of thiocarbonyl (C=S) groups is 1. The minimum Gasteiger partial charge on any atom is -0.327 e. The lowest BCUT2D eigenvalue weighted by atomic mass is 10.2. The van der Waals surface area contributed by atoms with Crippen LogP contribution in [0.25, 0.3) is 6.08 Å². The maximum atomic E-state index is 12.5. The standard InChI is InChI=1S/C18H13ClN2OS/c19-14-9-11-15(12-10-14)21-17(22)16(20-18(21)23)8-4-7-13-5-2-1-3-6-13/h1-12H,(H,20,23)/b7-4-,16-8-. The largest absolute Gasteiger partial charge is 0.327 e. The van der Waals surface area contributed by atoms with Crippen LogP contribution in [0.3, 0.4) is 0 Å². The predicted octanol–water partition coefficient (Wildman–Crippen LogP) is 4.16. The van der Waals surface area contributed by atoms with Gasteiger partial charge in [0.1, 0.15) is 5.70 Å². The monoisotopic (exact) mass is 340 g/mol. The van der Waals surface area contributed by atoms with Gasteiger partial charge in [0.05, 0.1) is 5.69 Å². The van der Waals surface area contributed by atoms with E-state index in [1.54, 1.807) is 30.3 Å². The molecule has 0 spiro atoms. The SMILES string of the molecule is O=C1/C(=C/C=C\c2ccccc2)NC(=S)N1c1ccc(Cl)cc1. The van der Waals surface area contributed by atoms with Crippen molar-refractivity contribution in [3.63, 3.8) is 0 Å². The minimum absolute atomic E-state index is 0.185. The first kappa shape index (κ1) is 15.5. The number of hydrogen-bond acceptors (Lipinski definition) is 2. The number of anilines is 1. The molecule has 114 valence electrons. The summed E-state index contributed by atoms with van der Waals surface area (Å²) in [5.41, 5.74) is 2.19. The number of carbonyl (C=O) groups is 1. The van der Waals surface area contributed by atoms with Gasteiger partial charge in [0.25, 0.3) is 5.91 Å². The Morgan fingerprint density at radius 1 is 1.04 bits per heavy atom. The molecule has 0 radical (unpaired) electrons. The predicted molar refractivity (Wildman–Crippen MR) is 98.2 cm³/mol. The average Bonchev–Trinajstić information content (AvgIpc) is 2.84. The van der Waals surface area contributed by atoms with Crippen LogP contribution in [0.5, 0.6) is 0 Å². The molecular weight excluding hydrogens is 328 g/mol. The number of nitrogens with one attached hydrogen (secondary N) is 1. The minimum atomic E-state index is -0.185. The number of amides is 1. The average molecular weight is 341 g/mol. The van der Waals surface area contributed by atoms with E-state index in [0.717, 1.165) is 5.56 Å². The molecule has 23 heavy (non-hydrogen) atoms. The third-order valence-electron chi connectivity index (χ3n) is 3.31. The van der Waals surface area contributed by atoms with Crippen LogP contribution in [0.2, 0.25) is 5.02 Å². The van der Waals surface area contributed by atoms with Crippen LogP contribution in [0, 0.1) is 0 Å². The van der Waals surface area contributed by atoms with Gasteiger partial charge < -0.3 is 5.32 Å². The number of halogens is 1. The van der Waals surface area contributed by atoms with Crippen LogP contribution in [0.15, 0.2) is 72.4 Å². The van der Waals surface area contributed by atoms with Crippen LogP contribution in [-0.4, -0.2) is 11.0 Å². The van der Waals surface area contributed by atoms with E-state index < -0.39 is 0 Å². The zero-order valence-corrected chi connectivity index (χ0v) is 13.6. The van der Waals surface area contributed by atoms with E-state index in [9.17, 15) is 4.79 Å². The lowest BCUT2D eigenvalue weighted by molar-refractivity contribution is -0.113. The summed E-state index contributed by atoms with van der Waals surface area (Å²) in [6, 6.07) is 16.8. The quantitative estimate of drug-likeness (QED) is 0.672. The Morgan fingerprint density at radius 3 is 2.43 bits per heavy atom. The highest BCUT2D eigenvalue weighted by Crippen LogP contribution is 2.23. The van der Waals surface area contributed by atoms with Gasteiger partial charge in [0, 0.05) is 5.02 Å². The zero-order chi connectivity index (χ0) is 16.2. The molecule has 1 aliphatic heterocycles. The highest BCUT2D eigenvalue weighted by Gasteiger charge is 2.31. The number of carbonyl (C=O) groups excluding carboxylic acids is 1. The van der Waals surface area contributed by atoms with Crippen molar-refractivity contribution in [1.29, 1.82) is 0 Å². The van der Waals surface area contributed by atoms with Gasteiger partial charge in [-0.1, -0.05) is 54.1 Å². The van der Waals surface area contributed by atoms with Crippen LogP contribution in [-0.2, 0) is 4.79 Å². The molecule has 0 saturated carbocycles. The molecule has 0 aliphatic carbocycles. The lowest BCUT2D eigenvalue weighted by Gasteiger charge is -2.13. The van der Waals surface area contributed by atoms with Gasteiger partial charge in [0.2, 0.25) is 0 Å². The summed E-state index contributed by atoms with van der Waals surface area (Å²) in [7, 11) is 0. The van der Waals surface area contributed by atoms with Crippen molar-refractivity contribution in [2.75, 3.05) is 4.90 Å². The molecule has 3 rings (SSSR count). The smallest absolute Gasteiger partial charge is 0.281 e. The molecule has 0 aromatic heterocycles. The summed E-state index contributed by atoms with van der Waals surface area (Å²) in [5, 5.41) is 3.91. The molecule has 0 unspecified atom stereocenters. The summed E-state index contributed by atoms with van der Waals surface area (Å²) in [5.74, 6) is -0.185. The number of nitrogens with zero attached hydrogens (tertiary/aromatic N) is 1. The van der Waals surface area contributed by atoms with E-state index in [0.29, 0.717) is 21.5 Å². The van der Waals surface area contributed by atoms with Gasteiger partial charge in [-0.25, -0.2) is 0 Å². The van der Waals surface area contributed by atoms with Gasteiger partial charge in [0.15, 0.2) is 5.11 Å². The first-order valence-corrected chi connectivity index (χ1v) is 7.78.